The Kier molecular flexibility index (Phi) is 3.96. The molecule has 0 saturated carbocycles. The molecule has 0 aromatic heterocycles. The van der Waals surface area contributed by atoms with E-state index in [0.717, 1.165) is 17.7 Å². The second-order valence-corrected chi connectivity index (χ2v) is 6.70. The number of carbonyl (C=O) groups excluding carboxylic acids is 1. The van der Waals surface area contributed by atoms with E-state index in [0.29, 0.717) is 23.9 Å². The zero-order chi connectivity index (χ0) is 17.4. The highest BCUT2D eigenvalue weighted by Gasteiger charge is 2.39. The molecule has 4 rings (SSSR count). The Morgan fingerprint density at radius 3 is 2.80 bits per heavy atom. The number of amides is 1. The lowest BCUT2D eigenvalue weighted by Gasteiger charge is -2.38. The molecule has 25 heavy (non-hydrogen) atoms. The van der Waals surface area contributed by atoms with Crippen molar-refractivity contribution in [3.05, 3.63) is 71.3 Å². The zero-order valence-corrected chi connectivity index (χ0v) is 14.2. The van der Waals surface area contributed by atoms with Crippen LogP contribution in [0.25, 0.3) is 0 Å². The van der Waals surface area contributed by atoms with Gasteiger partial charge in [-0.1, -0.05) is 36.4 Å². The maximum atomic E-state index is 12.5. The first kappa shape index (κ1) is 15.8. The first-order valence-electron chi connectivity index (χ1n) is 8.82. The van der Waals surface area contributed by atoms with Crippen LogP contribution < -0.4 is 10.6 Å². The summed E-state index contributed by atoms with van der Waals surface area (Å²) in [5.74, 6) is 0.951. The van der Waals surface area contributed by atoms with Crippen molar-refractivity contribution in [1.82, 2.24) is 5.32 Å². The van der Waals surface area contributed by atoms with Gasteiger partial charge >= 0.3 is 0 Å². The van der Waals surface area contributed by atoms with E-state index in [4.69, 9.17) is 0 Å². The summed E-state index contributed by atoms with van der Waals surface area (Å²) >= 11 is 0. The van der Waals surface area contributed by atoms with Crippen molar-refractivity contribution in [2.75, 3.05) is 11.9 Å². The van der Waals surface area contributed by atoms with E-state index in [1.165, 1.54) is 5.56 Å². The van der Waals surface area contributed by atoms with Crippen LogP contribution in [-0.4, -0.2) is 17.6 Å². The number of carbonyl (C=O) groups is 1. The Hall–Kier alpha value is -2.75. The van der Waals surface area contributed by atoms with Gasteiger partial charge in [0, 0.05) is 12.5 Å². The van der Waals surface area contributed by atoms with Gasteiger partial charge in [0.1, 0.15) is 5.75 Å². The normalized spacial score (nSPS) is 23.5. The van der Waals surface area contributed by atoms with Gasteiger partial charge in [-0.05, 0) is 48.6 Å². The molecule has 0 fully saturated rings. The van der Waals surface area contributed by atoms with E-state index in [9.17, 15) is 9.90 Å². The topological polar surface area (TPSA) is 61.4 Å². The fraction of sp³-hybridized carbons (Fsp3) is 0.286. The second kappa shape index (κ2) is 6.28. The molecule has 0 bridgehead atoms. The Balaban J connectivity index is 1.79. The van der Waals surface area contributed by atoms with Gasteiger partial charge in [-0.3, -0.25) is 4.79 Å². The summed E-state index contributed by atoms with van der Waals surface area (Å²) in [6.45, 7) is 2.53. The summed E-state index contributed by atoms with van der Waals surface area (Å²) in [5, 5.41) is 16.1. The highest BCUT2D eigenvalue weighted by atomic mass is 16.3. The second-order valence-electron chi connectivity index (χ2n) is 6.70. The first-order valence-corrected chi connectivity index (χ1v) is 8.82. The monoisotopic (exact) mass is 334 g/mol. The predicted molar refractivity (Wildman–Crippen MR) is 98.9 cm³/mol. The lowest BCUT2D eigenvalue weighted by molar-refractivity contribution is 0.0956. The summed E-state index contributed by atoms with van der Waals surface area (Å²) < 4.78 is 0. The lowest BCUT2D eigenvalue weighted by Crippen LogP contribution is -2.32. The summed E-state index contributed by atoms with van der Waals surface area (Å²) in [6.07, 6.45) is 5.51. The standard InChI is InChI=1S/C21H22N2O2/c1-2-22-21(25)18-8-4-7-17-15-5-3-6-16(15)19(23-20(17)18)13-9-11-14(24)12-10-13/h3-5,7-12,15-16,19,23-24H,2,6H2,1H3,(H,22,25). The minimum Gasteiger partial charge on any atom is -0.508 e. The number of allylic oxidation sites excluding steroid dienone is 2. The number of phenols is 1. The fourth-order valence-electron chi connectivity index (χ4n) is 4.08. The van der Waals surface area contributed by atoms with Crippen molar-refractivity contribution in [3.8, 4) is 5.75 Å². The van der Waals surface area contributed by atoms with Crippen LogP contribution in [0.15, 0.2) is 54.6 Å². The molecule has 1 aliphatic carbocycles. The molecule has 4 nitrogen and oxygen atoms in total. The first-order chi connectivity index (χ1) is 12.2. The van der Waals surface area contributed by atoms with E-state index < -0.39 is 0 Å². The molecule has 2 aromatic rings. The van der Waals surface area contributed by atoms with Gasteiger partial charge in [0.2, 0.25) is 0 Å². The van der Waals surface area contributed by atoms with Crippen LogP contribution >= 0.6 is 0 Å². The molecule has 3 atom stereocenters. The Labute approximate surface area is 147 Å². The number of nitrogens with one attached hydrogen (secondary N) is 2. The van der Waals surface area contributed by atoms with E-state index in [1.54, 1.807) is 12.1 Å². The zero-order valence-electron chi connectivity index (χ0n) is 14.2. The number of aromatic hydroxyl groups is 1. The molecule has 1 heterocycles. The molecule has 3 N–H and O–H groups in total. The van der Waals surface area contributed by atoms with Gasteiger partial charge < -0.3 is 15.7 Å². The number of hydrogen-bond acceptors (Lipinski definition) is 3. The third-order valence-corrected chi connectivity index (χ3v) is 5.23. The minimum absolute atomic E-state index is 0.0447. The minimum atomic E-state index is -0.0447. The molecule has 3 unspecified atom stereocenters. The molecular formula is C21H22N2O2. The number of fused-ring (bicyclic) bond motifs is 3. The van der Waals surface area contributed by atoms with E-state index in [2.05, 4.69) is 28.9 Å². The number of rotatable bonds is 3. The quantitative estimate of drug-likeness (QED) is 0.744. The van der Waals surface area contributed by atoms with Gasteiger partial charge in [0.15, 0.2) is 0 Å². The summed E-state index contributed by atoms with van der Waals surface area (Å²) in [6, 6.07) is 13.4. The van der Waals surface area contributed by atoms with Gasteiger partial charge in [0.25, 0.3) is 5.91 Å². The van der Waals surface area contributed by atoms with Crippen molar-refractivity contribution < 1.29 is 9.90 Å². The van der Waals surface area contributed by atoms with Crippen LogP contribution in [0.5, 0.6) is 5.75 Å². The molecule has 0 saturated heterocycles. The number of anilines is 1. The van der Waals surface area contributed by atoms with Crippen LogP contribution in [0, 0.1) is 5.92 Å². The van der Waals surface area contributed by atoms with Crippen molar-refractivity contribution in [2.24, 2.45) is 5.92 Å². The third-order valence-electron chi connectivity index (χ3n) is 5.23. The SMILES string of the molecule is CCNC(=O)c1cccc2c1NC(c1ccc(O)cc1)C1CC=CC21. The van der Waals surface area contributed by atoms with Crippen LogP contribution in [0.4, 0.5) is 5.69 Å². The molecule has 128 valence electrons. The molecule has 2 aliphatic rings. The average molecular weight is 334 g/mol. The highest BCUT2D eigenvalue weighted by Crippen LogP contribution is 2.50. The van der Waals surface area contributed by atoms with Crippen LogP contribution in [0.1, 0.15) is 46.8 Å². The summed E-state index contributed by atoms with van der Waals surface area (Å²) in [7, 11) is 0. The number of benzene rings is 2. The van der Waals surface area contributed by atoms with Crippen LogP contribution in [-0.2, 0) is 0 Å². The summed E-state index contributed by atoms with van der Waals surface area (Å²) in [4.78, 5) is 12.5. The number of phenolic OH excluding ortho intramolecular Hbond substituents is 1. The molecule has 2 aromatic carbocycles. The largest absolute Gasteiger partial charge is 0.508 e. The van der Waals surface area contributed by atoms with Gasteiger partial charge in [-0.25, -0.2) is 0 Å². The van der Waals surface area contributed by atoms with Crippen molar-refractivity contribution in [3.63, 3.8) is 0 Å². The molecule has 0 radical (unpaired) electrons. The van der Waals surface area contributed by atoms with E-state index in [-0.39, 0.29) is 17.7 Å². The van der Waals surface area contributed by atoms with Gasteiger partial charge in [-0.15, -0.1) is 0 Å². The highest BCUT2D eigenvalue weighted by molar-refractivity contribution is 6.00. The van der Waals surface area contributed by atoms with E-state index in [1.807, 2.05) is 31.2 Å². The Bertz CT molecular complexity index is 826. The van der Waals surface area contributed by atoms with Crippen LogP contribution in [0.3, 0.4) is 0 Å². The predicted octanol–water partition coefficient (Wildman–Crippen LogP) is 3.97. The van der Waals surface area contributed by atoms with Crippen molar-refractivity contribution in [2.45, 2.75) is 25.3 Å². The lowest BCUT2D eigenvalue weighted by atomic mass is 9.76. The average Bonchev–Trinajstić information content (AvgIpc) is 3.11. The molecule has 1 amide bonds. The fourth-order valence-corrected chi connectivity index (χ4v) is 4.08. The van der Waals surface area contributed by atoms with Gasteiger partial charge in [0.05, 0.1) is 17.3 Å². The molecule has 1 aliphatic heterocycles. The van der Waals surface area contributed by atoms with E-state index >= 15 is 0 Å². The molecule has 0 spiro atoms. The summed E-state index contributed by atoms with van der Waals surface area (Å²) in [5.41, 5.74) is 3.95. The van der Waals surface area contributed by atoms with Gasteiger partial charge in [-0.2, -0.15) is 0 Å². The number of para-hydroxylation sites is 1. The Morgan fingerprint density at radius 1 is 1.24 bits per heavy atom. The maximum Gasteiger partial charge on any atom is 0.253 e. The Morgan fingerprint density at radius 2 is 2.04 bits per heavy atom. The smallest absolute Gasteiger partial charge is 0.253 e. The maximum absolute atomic E-state index is 12.5. The number of hydrogen-bond donors (Lipinski definition) is 3. The third kappa shape index (κ3) is 2.68. The van der Waals surface area contributed by atoms with Crippen molar-refractivity contribution >= 4 is 11.6 Å². The van der Waals surface area contributed by atoms with Crippen LogP contribution in [0.2, 0.25) is 0 Å². The molecular weight excluding hydrogens is 312 g/mol. The molecule has 4 heteroatoms. The van der Waals surface area contributed by atoms with Crippen molar-refractivity contribution in [1.29, 1.82) is 0 Å².